The third kappa shape index (κ3) is 9.54. The molecule has 78 valence electrons. The lowest BCUT2D eigenvalue weighted by molar-refractivity contribution is -0.120. The minimum absolute atomic E-state index is 0.355. The van der Waals surface area contributed by atoms with Gasteiger partial charge in [0.25, 0.3) is 0 Å². The van der Waals surface area contributed by atoms with Gasteiger partial charge in [0.2, 0.25) is 0 Å². The lowest BCUT2D eigenvalue weighted by atomic mass is 10.00. The largest absolute Gasteiger partial charge is 0.396 e. The minimum atomic E-state index is 0.355. The number of aliphatic hydroxyl groups excluding tert-OH is 1. The molecule has 1 aliphatic carbocycles. The Morgan fingerprint density at radius 2 is 1.77 bits per heavy atom. The quantitative estimate of drug-likeness (QED) is 0.688. The molecule has 0 amide bonds. The zero-order valence-corrected chi connectivity index (χ0v) is 8.72. The smallest absolute Gasteiger partial charge is 0.132 e. The van der Waals surface area contributed by atoms with Gasteiger partial charge in [0.05, 0.1) is 0 Å². The SMILES string of the molecule is CCCCCO.O=C1CCCCC1. The van der Waals surface area contributed by atoms with Crippen molar-refractivity contribution >= 4 is 5.78 Å². The molecule has 0 unspecified atom stereocenters. The number of unbranched alkanes of at least 4 members (excludes halogenated alkanes) is 2. The molecular formula is C11H22O2. The molecule has 0 bridgehead atoms. The highest BCUT2D eigenvalue weighted by atomic mass is 16.2. The summed E-state index contributed by atoms with van der Waals surface area (Å²) in [5.74, 6) is 0.464. The molecule has 1 saturated carbocycles. The van der Waals surface area contributed by atoms with Gasteiger partial charge in [-0.3, -0.25) is 4.79 Å². The molecule has 0 radical (unpaired) electrons. The Labute approximate surface area is 81.3 Å². The van der Waals surface area contributed by atoms with Crippen molar-refractivity contribution in [2.45, 2.75) is 58.3 Å². The van der Waals surface area contributed by atoms with E-state index in [2.05, 4.69) is 6.92 Å². The maximum Gasteiger partial charge on any atom is 0.132 e. The summed E-state index contributed by atoms with van der Waals surface area (Å²) < 4.78 is 0. The fourth-order valence-electron chi connectivity index (χ4n) is 1.31. The third-order valence-electron chi connectivity index (χ3n) is 2.17. The van der Waals surface area contributed by atoms with Gasteiger partial charge in [0, 0.05) is 19.4 Å². The van der Waals surface area contributed by atoms with Gasteiger partial charge in [0.15, 0.2) is 0 Å². The highest BCUT2D eigenvalue weighted by molar-refractivity contribution is 5.78. The fraction of sp³-hybridized carbons (Fsp3) is 0.909. The number of aliphatic hydroxyl groups is 1. The van der Waals surface area contributed by atoms with E-state index in [9.17, 15) is 4.79 Å². The van der Waals surface area contributed by atoms with Crippen molar-refractivity contribution in [3.05, 3.63) is 0 Å². The summed E-state index contributed by atoms with van der Waals surface area (Å²) in [6.45, 7) is 2.48. The molecule has 0 aliphatic heterocycles. The zero-order chi connectivity index (χ0) is 9.94. The van der Waals surface area contributed by atoms with Crippen LogP contribution in [0.4, 0.5) is 0 Å². The Balaban J connectivity index is 0.000000226. The van der Waals surface area contributed by atoms with Crippen LogP contribution in [0.1, 0.15) is 58.3 Å². The van der Waals surface area contributed by atoms with Crippen LogP contribution in [0, 0.1) is 0 Å². The van der Waals surface area contributed by atoms with Crippen molar-refractivity contribution in [2.75, 3.05) is 6.61 Å². The van der Waals surface area contributed by atoms with Crippen LogP contribution in [0.3, 0.4) is 0 Å². The van der Waals surface area contributed by atoms with Gasteiger partial charge in [-0.1, -0.05) is 26.2 Å². The summed E-state index contributed by atoms with van der Waals surface area (Å²) in [7, 11) is 0. The van der Waals surface area contributed by atoms with E-state index in [1.165, 1.54) is 12.8 Å². The first kappa shape index (κ1) is 12.6. The minimum Gasteiger partial charge on any atom is -0.396 e. The van der Waals surface area contributed by atoms with E-state index in [-0.39, 0.29) is 0 Å². The highest BCUT2D eigenvalue weighted by Gasteiger charge is 2.05. The molecule has 13 heavy (non-hydrogen) atoms. The monoisotopic (exact) mass is 186 g/mol. The van der Waals surface area contributed by atoms with Crippen LogP contribution in [0.5, 0.6) is 0 Å². The highest BCUT2D eigenvalue weighted by Crippen LogP contribution is 2.12. The molecule has 1 fully saturated rings. The van der Waals surface area contributed by atoms with Crippen molar-refractivity contribution in [1.29, 1.82) is 0 Å². The second-order valence-electron chi connectivity index (χ2n) is 3.53. The Morgan fingerprint density at radius 3 is 2.00 bits per heavy atom. The van der Waals surface area contributed by atoms with Gasteiger partial charge in [-0.25, -0.2) is 0 Å². The molecule has 1 aliphatic rings. The molecule has 2 nitrogen and oxygen atoms in total. The summed E-state index contributed by atoms with van der Waals surface area (Å²) in [6.07, 6.45) is 8.57. The summed E-state index contributed by atoms with van der Waals surface area (Å²) in [5, 5.41) is 8.20. The van der Waals surface area contributed by atoms with Gasteiger partial charge in [0.1, 0.15) is 5.78 Å². The van der Waals surface area contributed by atoms with Gasteiger partial charge in [-0.15, -0.1) is 0 Å². The summed E-state index contributed by atoms with van der Waals surface area (Å²) >= 11 is 0. The number of ketones is 1. The average molecular weight is 186 g/mol. The van der Waals surface area contributed by atoms with Crippen LogP contribution in [0.25, 0.3) is 0 Å². The number of hydrogen-bond acceptors (Lipinski definition) is 2. The van der Waals surface area contributed by atoms with Crippen LogP contribution >= 0.6 is 0 Å². The van der Waals surface area contributed by atoms with Gasteiger partial charge in [-0.2, -0.15) is 0 Å². The first-order chi connectivity index (χ1) is 6.31. The normalized spacial score (nSPS) is 16.3. The molecule has 0 aromatic rings. The number of Topliss-reactive ketones (excluding diaryl/α,β-unsaturated/α-hetero) is 1. The van der Waals surface area contributed by atoms with E-state index in [1.807, 2.05) is 0 Å². The van der Waals surface area contributed by atoms with Crippen LogP contribution < -0.4 is 0 Å². The maximum atomic E-state index is 10.5. The molecule has 0 aromatic heterocycles. The number of carbonyl (C=O) groups is 1. The van der Waals surface area contributed by atoms with E-state index >= 15 is 0 Å². The van der Waals surface area contributed by atoms with Crippen molar-refractivity contribution in [2.24, 2.45) is 0 Å². The van der Waals surface area contributed by atoms with E-state index < -0.39 is 0 Å². The maximum absolute atomic E-state index is 10.5. The number of carbonyl (C=O) groups excluding carboxylic acids is 1. The molecule has 2 heteroatoms. The van der Waals surface area contributed by atoms with Crippen LogP contribution in [-0.4, -0.2) is 17.5 Å². The second-order valence-corrected chi connectivity index (χ2v) is 3.53. The molecular weight excluding hydrogens is 164 g/mol. The average Bonchev–Trinajstić information content (AvgIpc) is 2.17. The predicted octanol–water partition coefficient (Wildman–Crippen LogP) is 2.69. The number of hydrogen-bond donors (Lipinski definition) is 1. The second kappa shape index (κ2) is 9.72. The molecule has 0 saturated heterocycles. The van der Waals surface area contributed by atoms with Crippen molar-refractivity contribution < 1.29 is 9.90 Å². The Hall–Kier alpha value is -0.370. The van der Waals surface area contributed by atoms with Gasteiger partial charge < -0.3 is 5.11 Å². The van der Waals surface area contributed by atoms with E-state index in [0.717, 1.165) is 38.5 Å². The van der Waals surface area contributed by atoms with E-state index in [1.54, 1.807) is 0 Å². The van der Waals surface area contributed by atoms with E-state index in [0.29, 0.717) is 12.4 Å². The van der Waals surface area contributed by atoms with Crippen LogP contribution in [0.15, 0.2) is 0 Å². The van der Waals surface area contributed by atoms with Crippen LogP contribution in [0.2, 0.25) is 0 Å². The number of rotatable bonds is 3. The van der Waals surface area contributed by atoms with Gasteiger partial charge >= 0.3 is 0 Å². The molecule has 1 N–H and O–H groups in total. The van der Waals surface area contributed by atoms with Crippen LogP contribution in [-0.2, 0) is 4.79 Å². The fourth-order valence-corrected chi connectivity index (χ4v) is 1.31. The molecule has 0 spiro atoms. The van der Waals surface area contributed by atoms with Crippen molar-refractivity contribution in [3.8, 4) is 0 Å². The third-order valence-corrected chi connectivity index (χ3v) is 2.17. The Bertz CT molecular complexity index is 109. The van der Waals surface area contributed by atoms with Crippen molar-refractivity contribution in [3.63, 3.8) is 0 Å². The summed E-state index contributed by atoms with van der Waals surface area (Å²) in [6, 6.07) is 0. The van der Waals surface area contributed by atoms with Crippen molar-refractivity contribution in [1.82, 2.24) is 0 Å². The predicted molar refractivity (Wildman–Crippen MR) is 54.7 cm³/mol. The Morgan fingerprint density at radius 1 is 1.15 bits per heavy atom. The first-order valence-corrected chi connectivity index (χ1v) is 5.43. The lowest BCUT2D eigenvalue weighted by Gasteiger charge is -2.05. The standard InChI is InChI=1S/C6H10O.C5H12O/c7-6-4-2-1-3-5-6;1-2-3-4-5-6/h1-5H2;6H,2-5H2,1H3. The molecule has 1 rings (SSSR count). The molecule has 0 atom stereocenters. The topological polar surface area (TPSA) is 37.3 Å². The Kier molecular flexibility index (Phi) is 9.44. The van der Waals surface area contributed by atoms with Gasteiger partial charge in [-0.05, 0) is 19.3 Å². The molecule has 0 heterocycles. The first-order valence-electron chi connectivity index (χ1n) is 5.43. The van der Waals surface area contributed by atoms with E-state index in [4.69, 9.17) is 5.11 Å². The zero-order valence-electron chi connectivity index (χ0n) is 8.72. The molecule has 0 aromatic carbocycles. The lowest BCUT2D eigenvalue weighted by Crippen LogP contribution is -2.02. The summed E-state index contributed by atoms with van der Waals surface area (Å²) in [5.41, 5.74) is 0. The summed E-state index contributed by atoms with van der Waals surface area (Å²) in [4.78, 5) is 10.5.